The van der Waals surface area contributed by atoms with Gasteiger partial charge in [0.05, 0.1) is 0 Å². The summed E-state index contributed by atoms with van der Waals surface area (Å²) in [5, 5.41) is 0. The van der Waals surface area contributed by atoms with E-state index in [9.17, 15) is 9.59 Å². The maximum absolute atomic E-state index is 13.8. The van der Waals surface area contributed by atoms with E-state index in [-0.39, 0.29) is 30.6 Å². The van der Waals surface area contributed by atoms with E-state index in [0.717, 1.165) is 48.3 Å². The Kier molecular flexibility index (Phi) is 5.78. The minimum absolute atomic E-state index is 0.0151. The highest BCUT2D eigenvalue weighted by Crippen LogP contribution is 2.48. The molecule has 2 N–H and O–H groups in total. The number of carbonyl (C=O) groups is 2. The van der Waals surface area contributed by atoms with Crippen LogP contribution >= 0.6 is 0 Å². The van der Waals surface area contributed by atoms with Crippen LogP contribution in [-0.4, -0.2) is 30.4 Å². The third-order valence-electron chi connectivity index (χ3n) is 7.87. The minimum atomic E-state index is -0.641. The van der Waals surface area contributed by atoms with Gasteiger partial charge >= 0.3 is 5.97 Å². The Balaban J connectivity index is 1.37. The van der Waals surface area contributed by atoms with Gasteiger partial charge < -0.3 is 19.9 Å². The molecule has 0 radical (unpaired) electrons. The molecule has 186 valence electrons. The molecule has 2 heterocycles. The average molecular weight is 487 g/mol. The molecule has 7 heteroatoms. The maximum atomic E-state index is 13.8. The predicted molar refractivity (Wildman–Crippen MR) is 135 cm³/mol. The first-order valence-corrected chi connectivity index (χ1v) is 12.7. The van der Waals surface area contributed by atoms with Gasteiger partial charge in [0.1, 0.15) is 12.0 Å². The second-order valence-electron chi connectivity index (χ2n) is 10.2. The second-order valence-corrected chi connectivity index (χ2v) is 10.2. The number of Topliss-reactive ketones (excluding diaryl/α,β-unsaturated/α-hetero) is 1. The van der Waals surface area contributed by atoms with Gasteiger partial charge in [-0.25, -0.2) is 0 Å². The van der Waals surface area contributed by atoms with Crippen molar-refractivity contribution in [3.63, 3.8) is 0 Å². The number of fused-ring (bicyclic) bond motifs is 1. The molecule has 3 atom stereocenters. The van der Waals surface area contributed by atoms with E-state index in [1.165, 1.54) is 0 Å². The lowest BCUT2D eigenvalue weighted by Gasteiger charge is -2.37. The molecule has 4 aliphatic rings. The summed E-state index contributed by atoms with van der Waals surface area (Å²) < 4.78 is 16.9. The molecule has 3 unspecified atom stereocenters. The number of aliphatic imine (C=N–C) groups is 1. The first-order valence-electron chi connectivity index (χ1n) is 12.7. The first kappa shape index (κ1) is 22.8. The van der Waals surface area contributed by atoms with Crippen molar-refractivity contribution in [2.24, 2.45) is 10.9 Å². The van der Waals surface area contributed by atoms with Crippen molar-refractivity contribution in [3.8, 4) is 11.5 Å². The Morgan fingerprint density at radius 2 is 1.83 bits per heavy atom. The average Bonchev–Trinajstić information content (AvgIpc) is 3.54. The molecule has 1 fully saturated rings. The van der Waals surface area contributed by atoms with E-state index in [0.29, 0.717) is 35.6 Å². The van der Waals surface area contributed by atoms with Crippen molar-refractivity contribution >= 4 is 23.2 Å². The summed E-state index contributed by atoms with van der Waals surface area (Å²) in [6, 6.07) is 13.3. The van der Waals surface area contributed by atoms with Crippen LogP contribution in [0.25, 0.3) is 0 Å². The van der Waals surface area contributed by atoms with E-state index in [1.807, 2.05) is 49.4 Å². The Labute approximate surface area is 210 Å². The molecule has 1 saturated carbocycles. The van der Waals surface area contributed by atoms with Gasteiger partial charge in [-0.3, -0.25) is 14.6 Å². The largest absolute Gasteiger partial charge is 0.462 e. The number of ether oxygens (including phenoxy) is 3. The van der Waals surface area contributed by atoms with Gasteiger partial charge in [0.2, 0.25) is 6.79 Å². The summed E-state index contributed by atoms with van der Waals surface area (Å²) in [4.78, 5) is 32.1. The fraction of sp³-hybridized carbons (Fsp3) is 0.414. The normalized spacial score (nSPS) is 25.5. The molecule has 6 rings (SSSR count). The summed E-state index contributed by atoms with van der Waals surface area (Å²) in [6.07, 6.45) is 4.83. The smallest absolute Gasteiger partial charge is 0.315 e. The zero-order valence-electron chi connectivity index (χ0n) is 20.4. The van der Waals surface area contributed by atoms with Crippen LogP contribution in [-0.2, 0) is 14.3 Å². The first-order chi connectivity index (χ1) is 17.5. The van der Waals surface area contributed by atoms with Crippen molar-refractivity contribution in [1.82, 2.24) is 0 Å². The van der Waals surface area contributed by atoms with Crippen molar-refractivity contribution in [2.45, 2.75) is 63.4 Å². The number of allylic oxidation sites excluding steroid dienone is 2. The molecule has 2 aromatic carbocycles. The number of nitrogen functional groups attached to an aromatic ring is 1. The summed E-state index contributed by atoms with van der Waals surface area (Å²) in [7, 11) is 0. The van der Waals surface area contributed by atoms with Crippen LogP contribution in [0.4, 0.5) is 5.69 Å². The summed E-state index contributed by atoms with van der Waals surface area (Å²) in [6.45, 7) is 2.08. The third kappa shape index (κ3) is 4.06. The second kappa shape index (κ2) is 9.12. The molecule has 0 spiro atoms. The third-order valence-corrected chi connectivity index (χ3v) is 7.87. The number of hydrogen-bond donors (Lipinski definition) is 1. The number of benzene rings is 2. The molecule has 36 heavy (non-hydrogen) atoms. The Morgan fingerprint density at radius 3 is 2.64 bits per heavy atom. The topological polar surface area (TPSA) is 100 Å². The molecule has 2 aliphatic carbocycles. The summed E-state index contributed by atoms with van der Waals surface area (Å²) in [5.74, 6) is 0.0187. The maximum Gasteiger partial charge on any atom is 0.315 e. The fourth-order valence-corrected chi connectivity index (χ4v) is 6.12. The van der Waals surface area contributed by atoms with E-state index in [1.54, 1.807) is 0 Å². The zero-order chi connectivity index (χ0) is 24.8. The fourth-order valence-electron chi connectivity index (χ4n) is 6.12. The standard InChI is InChI=1S/C29H30N2O5/c1-16-26(29(33)36-21-7-2-3-8-21)27(18-5-4-6-20(30)11-18)28-22(31-16)12-19(13-23(28)32)17-9-10-24-25(14-17)35-15-34-24/h4-6,9-11,14,19,21,26-27H,2-3,7-8,12-13,15,30H2,1H3. The molecule has 0 bridgehead atoms. The SMILES string of the molecule is CC1=NC2=C(C(=O)CC(c3ccc4c(c3)OCO4)C2)C(c2cccc(N)c2)C1C(=O)OC1CCCC1. The van der Waals surface area contributed by atoms with Gasteiger partial charge in [0.15, 0.2) is 17.3 Å². The molecular formula is C29H30N2O5. The van der Waals surface area contributed by atoms with Gasteiger partial charge in [-0.15, -0.1) is 0 Å². The van der Waals surface area contributed by atoms with Crippen LogP contribution in [0, 0.1) is 5.92 Å². The molecular weight excluding hydrogens is 456 g/mol. The van der Waals surface area contributed by atoms with Gasteiger partial charge in [0.25, 0.3) is 0 Å². The summed E-state index contributed by atoms with van der Waals surface area (Å²) in [5.41, 5.74) is 10.7. The quantitative estimate of drug-likeness (QED) is 0.479. The van der Waals surface area contributed by atoms with Crippen LogP contribution in [0.15, 0.2) is 58.7 Å². The number of ketones is 1. The van der Waals surface area contributed by atoms with Crippen LogP contribution in [0.5, 0.6) is 11.5 Å². The van der Waals surface area contributed by atoms with Crippen molar-refractivity contribution in [2.75, 3.05) is 12.5 Å². The minimum Gasteiger partial charge on any atom is -0.462 e. The Bertz CT molecular complexity index is 1290. The lowest BCUT2D eigenvalue weighted by atomic mass is 9.69. The highest BCUT2D eigenvalue weighted by Gasteiger charge is 2.45. The number of nitrogens with two attached hydrogens (primary N) is 1. The van der Waals surface area contributed by atoms with E-state index < -0.39 is 11.8 Å². The van der Waals surface area contributed by atoms with E-state index in [4.69, 9.17) is 24.9 Å². The van der Waals surface area contributed by atoms with Crippen LogP contribution in [0.1, 0.15) is 68.4 Å². The van der Waals surface area contributed by atoms with Gasteiger partial charge in [-0.05, 0) is 80.3 Å². The van der Waals surface area contributed by atoms with Gasteiger partial charge in [-0.2, -0.15) is 0 Å². The van der Waals surface area contributed by atoms with Crippen molar-refractivity contribution < 1.29 is 23.8 Å². The number of nitrogens with zero attached hydrogens (tertiary/aromatic N) is 1. The van der Waals surface area contributed by atoms with Gasteiger partial charge in [-0.1, -0.05) is 18.2 Å². The predicted octanol–water partition coefficient (Wildman–Crippen LogP) is 5.06. The number of anilines is 1. The zero-order valence-corrected chi connectivity index (χ0v) is 20.4. The molecule has 0 saturated heterocycles. The molecule has 7 nitrogen and oxygen atoms in total. The van der Waals surface area contributed by atoms with Crippen LogP contribution in [0.2, 0.25) is 0 Å². The molecule has 0 aromatic heterocycles. The number of rotatable bonds is 4. The van der Waals surface area contributed by atoms with Crippen LogP contribution < -0.4 is 15.2 Å². The van der Waals surface area contributed by atoms with E-state index in [2.05, 4.69) is 0 Å². The monoisotopic (exact) mass is 486 g/mol. The number of carbonyl (C=O) groups excluding carboxylic acids is 2. The molecule has 0 amide bonds. The highest BCUT2D eigenvalue weighted by molar-refractivity contribution is 6.09. The van der Waals surface area contributed by atoms with Crippen molar-refractivity contribution in [3.05, 3.63) is 64.9 Å². The van der Waals surface area contributed by atoms with Gasteiger partial charge in [0, 0.05) is 35.0 Å². The van der Waals surface area contributed by atoms with Crippen molar-refractivity contribution in [1.29, 1.82) is 0 Å². The van der Waals surface area contributed by atoms with E-state index >= 15 is 0 Å². The van der Waals surface area contributed by atoms with Crippen LogP contribution in [0.3, 0.4) is 0 Å². The summed E-state index contributed by atoms with van der Waals surface area (Å²) >= 11 is 0. The lowest BCUT2D eigenvalue weighted by Crippen LogP contribution is -2.39. The Hall–Kier alpha value is -3.61. The number of hydrogen-bond acceptors (Lipinski definition) is 7. The molecule has 2 aliphatic heterocycles. The number of esters is 1. The Morgan fingerprint density at radius 1 is 1.03 bits per heavy atom. The highest BCUT2D eigenvalue weighted by atomic mass is 16.7. The molecule has 2 aromatic rings. The lowest BCUT2D eigenvalue weighted by molar-refractivity contribution is -0.151.